The first-order chi connectivity index (χ1) is 16.4. The molecule has 0 aromatic heterocycles. The number of nitrogens with two attached hydrogens (primary N) is 1. The summed E-state index contributed by atoms with van der Waals surface area (Å²) in [5.41, 5.74) is 4.19. The highest BCUT2D eigenvalue weighted by Gasteiger charge is 2.66. The average molecular weight is 487 g/mol. The summed E-state index contributed by atoms with van der Waals surface area (Å²) in [5.74, 6) is -10.1. The molecule has 4 N–H and O–H groups in total. The van der Waals surface area contributed by atoms with Crippen LogP contribution in [0.4, 0.5) is 5.69 Å². The van der Waals surface area contributed by atoms with Crippen molar-refractivity contribution in [3.8, 4) is 5.75 Å². The molecule has 0 bridgehead atoms. The minimum atomic E-state index is -2.65. The molecule has 3 aliphatic carbocycles. The number of fused-ring (bicyclic) bond motifs is 3. The molecule has 188 valence electrons. The molecular weight excluding hydrogens is 456 g/mol. The van der Waals surface area contributed by atoms with Crippen molar-refractivity contribution < 1.29 is 38.9 Å². The number of ketones is 4. The average Bonchev–Trinajstić information content (AvgIpc) is 2.77. The molecule has 3 aliphatic rings. The van der Waals surface area contributed by atoms with Crippen molar-refractivity contribution in [1.82, 2.24) is 0 Å². The van der Waals surface area contributed by atoms with Crippen LogP contribution in [0, 0.1) is 23.7 Å². The van der Waals surface area contributed by atoms with Crippen LogP contribution >= 0.6 is 0 Å². The Labute approximate surface area is 202 Å². The summed E-state index contributed by atoms with van der Waals surface area (Å²) in [6.07, 6.45) is 0.719. The van der Waals surface area contributed by atoms with Gasteiger partial charge in [0.2, 0.25) is 5.91 Å². The minimum absolute atomic E-state index is 0.0197. The lowest BCUT2D eigenvalue weighted by Gasteiger charge is -2.48. The number of phenolic OH excluding ortho intramolecular Hbond substituents is 1. The number of carbonyl (C=O) groups is 5. The molecule has 35 heavy (non-hydrogen) atoms. The molecule has 0 heterocycles. The van der Waals surface area contributed by atoms with Crippen molar-refractivity contribution in [3.05, 3.63) is 22.8 Å². The predicted molar refractivity (Wildman–Crippen MR) is 123 cm³/mol. The summed E-state index contributed by atoms with van der Waals surface area (Å²) in [5, 5.41) is 22.3. The fourth-order valence-electron chi connectivity index (χ4n) is 5.90. The van der Waals surface area contributed by atoms with Crippen LogP contribution in [0.1, 0.15) is 47.7 Å². The Morgan fingerprint density at radius 2 is 1.89 bits per heavy atom. The van der Waals surface area contributed by atoms with Crippen LogP contribution in [0.5, 0.6) is 5.75 Å². The van der Waals surface area contributed by atoms with Crippen molar-refractivity contribution in [2.24, 2.45) is 29.4 Å². The van der Waals surface area contributed by atoms with E-state index in [0.29, 0.717) is 23.4 Å². The number of carbonyl (C=O) groups excluding carboxylic acids is 5. The minimum Gasteiger partial charge on any atom is -0.507 e. The number of amides is 1. The highest BCUT2D eigenvalue weighted by molar-refractivity contribution is 6.31. The molecule has 10 nitrogen and oxygen atoms in total. The number of Topliss-reactive ketones (excluding diaryl/α,β-unsaturated/α-hetero) is 4. The molecule has 4 rings (SSSR count). The Morgan fingerprint density at radius 3 is 2.49 bits per heavy atom. The zero-order valence-corrected chi connectivity index (χ0v) is 20.0. The summed E-state index contributed by atoms with van der Waals surface area (Å²) in [6.45, 7) is 2.47. The molecule has 0 spiro atoms. The molecule has 10 heteroatoms. The van der Waals surface area contributed by atoms with Crippen LogP contribution in [0.2, 0.25) is 0 Å². The van der Waals surface area contributed by atoms with E-state index in [-0.39, 0.29) is 37.2 Å². The normalized spacial score (nSPS) is 29.9. The standard InChI is InChI=1S/C25H30N2O8/c1-4-5-35-10-12-8-15(27(2)3)14-7-11-6-13-9-16(28)19(24(26)33)23(32)25(13,34)22(31)17(11)21(30)18(14)20(12)29/h8,11,13,17,19,29,34H,4-7,9-10H2,1-3H3,(H2,26,33)/t11-,13+,17?,19?,25+/m1/s1. The van der Waals surface area contributed by atoms with Gasteiger partial charge in [0, 0.05) is 44.3 Å². The Morgan fingerprint density at radius 1 is 1.20 bits per heavy atom. The second kappa shape index (κ2) is 8.83. The smallest absolute Gasteiger partial charge is 0.235 e. The Balaban J connectivity index is 1.80. The molecule has 0 saturated heterocycles. The van der Waals surface area contributed by atoms with Crippen molar-refractivity contribution in [2.45, 2.75) is 44.8 Å². The number of aliphatic hydroxyl groups is 1. The molecule has 5 atom stereocenters. The van der Waals surface area contributed by atoms with Gasteiger partial charge < -0.3 is 25.6 Å². The molecule has 0 aliphatic heterocycles. The number of phenols is 1. The van der Waals surface area contributed by atoms with Gasteiger partial charge in [0.15, 0.2) is 34.7 Å². The van der Waals surface area contributed by atoms with E-state index in [1.54, 1.807) is 25.1 Å². The number of primary amides is 1. The molecule has 2 unspecified atom stereocenters. The molecular formula is C25H30N2O8. The van der Waals surface area contributed by atoms with Crippen molar-refractivity contribution in [2.75, 3.05) is 25.6 Å². The monoisotopic (exact) mass is 486 g/mol. The van der Waals surface area contributed by atoms with Crippen molar-refractivity contribution in [1.29, 1.82) is 0 Å². The lowest BCUT2D eigenvalue weighted by atomic mass is 9.53. The van der Waals surface area contributed by atoms with Crippen LogP contribution in [-0.2, 0) is 36.9 Å². The van der Waals surface area contributed by atoms with Crippen LogP contribution < -0.4 is 10.6 Å². The molecule has 2 fully saturated rings. The largest absolute Gasteiger partial charge is 0.507 e. The second-order valence-electron chi connectivity index (χ2n) is 9.94. The van der Waals surface area contributed by atoms with Crippen LogP contribution in [-0.4, -0.2) is 65.6 Å². The van der Waals surface area contributed by atoms with E-state index < -0.39 is 58.3 Å². The Bertz CT molecular complexity index is 1140. The number of hydrogen-bond acceptors (Lipinski definition) is 9. The SMILES string of the molecule is CCCOCc1cc(N(C)C)c2c(c1O)C(=O)C1C(=O)[C@]3(O)C(=O)C(C(N)=O)C(=O)C[C@@H]3C[C@@H]1C2. The summed E-state index contributed by atoms with van der Waals surface area (Å²) < 4.78 is 5.57. The number of rotatable bonds is 6. The van der Waals surface area contributed by atoms with Gasteiger partial charge in [0.05, 0.1) is 18.1 Å². The highest BCUT2D eigenvalue weighted by Crippen LogP contribution is 2.51. The fraction of sp³-hybridized carbons (Fsp3) is 0.560. The van der Waals surface area contributed by atoms with E-state index in [2.05, 4.69) is 0 Å². The second-order valence-corrected chi connectivity index (χ2v) is 9.94. The summed E-state index contributed by atoms with van der Waals surface area (Å²) in [7, 11) is 3.60. The van der Waals surface area contributed by atoms with Gasteiger partial charge in [-0.15, -0.1) is 0 Å². The van der Waals surface area contributed by atoms with E-state index >= 15 is 0 Å². The number of anilines is 1. The highest BCUT2D eigenvalue weighted by atomic mass is 16.5. The predicted octanol–water partition coefficient (Wildman–Crippen LogP) is 0.320. The van der Waals surface area contributed by atoms with Gasteiger partial charge >= 0.3 is 0 Å². The number of benzene rings is 1. The summed E-state index contributed by atoms with van der Waals surface area (Å²) in [4.78, 5) is 66.3. The van der Waals surface area contributed by atoms with Crippen LogP contribution in [0.3, 0.4) is 0 Å². The van der Waals surface area contributed by atoms with Crippen LogP contribution in [0.15, 0.2) is 6.07 Å². The van der Waals surface area contributed by atoms with Gasteiger partial charge in [0.1, 0.15) is 5.75 Å². The first-order valence-electron chi connectivity index (χ1n) is 11.7. The Kier molecular flexibility index (Phi) is 6.31. The van der Waals surface area contributed by atoms with E-state index in [1.807, 2.05) is 6.92 Å². The van der Waals surface area contributed by atoms with Gasteiger partial charge in [-0.05, 0) is 36.8 Å². The third-order valence-corrected chi connectivity index (χ3v) is 7.55. The van der Waals surface area contributed by atoms with E-state index in [0.717, 1.165) is 6.42 Å². The molecule has 2 saturated carbocycles. The first kappa shape index (κ1) is 25.0. The lowest BCUT2D eigenvalue weighted by molar-refractivity contribution is -0.175. The molecule has 1 amide bonds. The number of ether oxygens (including phenoxy) is 1. The van der Waals surface area contributed by atoms with Crippen molar-refractivity contribution in [3.63, 3.8) is 0 Å². The molecule has 1 aromatic rings. The summed E-state index contributed by atoms with van der Waals surface area (Å²) >= 11 is 0. The van der Waals surface area contributed by atoms with Gasteiger partial charge in [-0.25, -0.2) is 0 Å². The Hall–Kier alpha value is -3.11. The third kappa shape index (κ3) is 3.66. The zero-order chi connectivity index (χ0) is 25.8. The number of hydrogen-bond donors (Lipinski definition) is 3. The van der Waals surface area contributed by atoms with Crippen molar-refractivity contribution >= 4 is 34.7 Å². The quantitative estimate of drug-likeness (QED) is 0.379. The molecule has 1 aromatic carbocycles. The maximum atomic E-state index is 13.7. The third-order valence-electron chi connectivity index (χ3n) is 7.55. The fourth-order valence-corrected chi connectivity index (χ4v) is 5.90. The maximum absolute atomic E-state index is 13.7. The first-order valence-corrected chi connectivity index (χ1v) is 11.7. The van der Waals surface area contributed by atoms with Gasteiger partial charge in [-0.1, -0.05) is 6.92 Å². The van der Waals surface area contributed by atoms with E-state index in [4.69, 9.17) is 10.5 Å². The van der Waals surface area contributed by atoms with E-state index in [1.165, 1.54) is 0 Å². The zero-order valence-electron chi connectivity index (χ0n) is 20.0. The molecule has 0 radical (unpaired) electrons. The van der Waals surface area contributed by atoms with Crippen LogP contribution in [0.25, 0.3) is 0 Å². The van der Waals surface area contributed by atoms with Gasteiger partial charge in [-0.2, -0.15) is 0 Å². The maximum Gasteiger partial charge on any atom is 0.235 e. The topological polar surface area (TPSA) is 164 Å². The lowest BCUT2D eigenvalue weighted by Crippen LogP contribution is -2.68. The van der Waals surface area contributed by atoms with E-state index in [9.17, 15) is 34.2 Å². The number of nitrogens with zero attached hydrogens (tertiary/aromatic N) is 1. The van der Waals surface area contributed by atoms with Gasteiger partial charge in [0.25, 0.3) is 0 Å². The summed E-state index contributed by atoms with van der Waals surface area (Å²) in [6, 6.07) is 1.75. The van der Waals surface area contributed by atoms with Gasteiger partial charge in [-0.3, -0.25) is 24.0 Å². The number of aromatic hydroxyl groups is 1.